The first-order valence-electron chi connectivity index (χ1n) is 3.62. The lowest BCUT2D eigenvalue weighted by molar-refractivity contribution is -0.208. The van der Waals surface area contributed by atoms with Gasteiger partial charge in [-0.3, -0.25) is 0 Å². The molecule has 0 spiro atoms. The topological polar surface area (TPSA) is 47.6 Å². The summed E-state index contributed by atoms with van der Waals surface area (Å²) in [5.74, 6) is 0. The molecule has 1 aliphatic rings. The molecule has 6 heteroatoms. The average Bonchev–Trinajstić information content (AvgIpc) is 2.04. The number of hydrogen-bond acceptors (Lipinski definition) is 4. The molecule has 1 atom stereocenters. The van der Waals surface area contributed by atoms with Gasteiger partial charge in [0.2, 0.25) is 0 Å². The summed E-state index contributed by atoms with van der Waals surface area (Å²) in [4.78, 5) is 11.6. The van der Waals surface area contributed by atoms with Crippen molar-refractivity contribution >= 4 is 19.8 Å². The molecule has 1 aliphatic heterocycles. The fourth-order valence-corrected chi connectivity index (χ4v) is 2.70. The zero-order valence-electron chi connectivity index (χ0n) is 6.42. The van der Waals surface area contributed by atoms with Gasteiger partial charge >= 0.3 is 0 Å². The van der Waals surface area contributed by atoms with Gasteiger partial charge in [0, 0.05) is 18.3 Å². The van der Waals surface area contributed by atoms with Gasteiger partial charge in [0.25, 0.3) is 8.02 Å². The molecule has 0 aromatic rings. The van der Waals surface area contributed by atoms with Gasteiger partial charge in [0.05, 0.1) is 13.2 Å². The molecule has 1 N–H and O–H groups in total. The molecule has 0 radical (unpaired) electrons. The van der Waals surface area contributed by atoms with Crippen LogP contribution in [0.4, 0.5) is 0 Å². The SMILES string of the molecule is CCN(Cl)[P+]1([O-])NCCCO1. The van der Waals surface area contributed by atoms with Gasteiger partial charge < -0.3 is 4.89 Å². The van der Waals surface area contributed by atoms with E-state index in [2.05, 4.69) is 5.09 Å². The molecule has 1 heterocycles. The minimum atomic E-state index is -2.86. The van der Waals surface area contributed by atoms with Crippen molar-refractivity contribution in [2.75, 3.05) is 19.7 Å². The molecule has 0 aromatic heterocycles. The predicted octanol–water partition coefficient (Wildman–Crippen LogP) is 0.510. The molecule has 0 aliphatic carbocycles. The molecule has 1 rings (SSSR count). The van der Waals surface area contributed by atoms with Crippen LogP contribution in [0.5, 0.6) is 0 Å². The van der Waals surface area contributed by atoms with Crippen LogP contribution in [0.1, 0.15) is 13.3 Å². The Morgan fingerprint density at radius 2 is 2.55 bits per heavy atom. The third-order valence-electron chi connectivity index (χ3n) is 1.45. The highest BCUT2D eigenvalue weighted by atomic mass is 35.5. The van der Waals surface area contributed by atoms with E-state index in [0.717, 1.165) is 6.42 Å². The first-order chi connectivity index (χ1) is 5.19. The van der Waals surface area contributed by atoms with Crippen LogP contribution in [0.3, 0.4) is 0 Å². The molecular formula is C5H12ClN2O2P. The highest BCUT2D eigenvalue weighted by molar-refractivity contribution is 7.60. The van der Waals surface area contributed by atoms with Crippen molar-refractivity contribution < 1.29 is 9.42 Å². The highest BCUT2D eigenvalue weighted by Gasteiger charge is 2.37. The van der Waals surface area contributed by atoms with Crippen molar-refractivity contribution in [3.8, 4) is 0 Å². The summed E-state index contributed by atoms with van der Waals surface area (Å²) in [6.45, 7) is 3.56. The van der Waals surface area contributed by atoms with Gasteiger partial charge in [-0.15, -0.1) is 0 Å². The molecular weight excluding hydrogens is 186 g/mol. The molecule has 66 valence electrons. The van der Waals surface area contributed by atoms with Crippen molar-refractivity contribution in [1.29, 1.82) is 0 Å². The maximum atomic E-state index is 11.6. The van der Waals surface area contributed by atoms with Gasteiger partial charge in [0.1, 0.15) is 0 Å². The quantitative estimate of drug-likeness (QED) is 0.519. The molecule has 0 saturated carbocycles. The van der Waals surface area contributed by atoms with Gasteiger partial charge in [-0.1, -0.05) is 4.19 Å². The summed E-state index contributed by atoms with van der Waals surface area (Å²) in [7, 11) is -2.86. The third kappa shape index (κ3) is 2.25. The fraction of sp³-hybridized carbons (Fsp3) is 1.00. The highest BCUT2D eigenvalue weighted by Crippen LogP contribution is 2.53. The fourth-order valence-electron chi connectivity index (χ4n) is 0.852. The van der Waals surface area contributed by atoms with Crippen molar-refractivity contribution in [3.05, 3.63) is 0 Å². The maximum absolute atomic E-state index is 11.6. The third-order valence-corrected chi connectivity index (χ3v) is 4.29. The van der Waals surface area contributed by atoms with Crippen molar-refractivity contribution in [1.82, 2.24) is 9.28 Å². The van der Waals surface area contributed by atoms with E-state index in [0.29, 0.717) is 19.7 Å². The molecule has 0 bridgehead atoms. The monoisotopic (exact) mass is 198 g/mol. The Kier molecular flexibility index (Phi) is 3.50. The molecule has 1 fully saturated rings. The van der Waals surface area contributed by atoms with E-state index in [1.165, 1.54) is 4.19 Å². The predicted molar refractivity (Wildman–Crippen MR) is 43.7 cm³/mol. The average molecular weight is 199 g/mol. The van der Waals surface area contributed by atoms with Crippen molar-refractivity contribution in [3.63, 3.8) is 0 Å². The largest absolute Gasteiger partial charge is 0.625 e. The Morgan fingerprint density at radius 1 is 1.82 bits per heavy atom. The first kappa shape index (κ1) is 9.65. The molecule has 0 amide bonds. The van der Waals surface area contributed by atoms with Crippen molar-refractivity contribution in [2.45, 2.75) is 13.3 Å². The van der Waals surface area contributed by atoms with Gasteiger partial charge in [-0.25, -0.2) is 4.52 Å². The Morgan fingerprint density at radius 3 is 3.00 bits per heavy atom. The number of rotatable bonds is 2. The van der Waals surface area contributed by atoms with Gasteiger partial charge in [-0.2, -0.15) is 5.09 Å². The van der Waals surface area contributed by atoms with Crippen LogP contribution in [0.2, 0.25) is 0 Å². The Bertz CT molecular complexity index is 132. The summed E-state index contributed by atoms with van der Waals surface area (Å²) < 4.78 is 6.26. The van der Waals surface area contributed by atoms with E-state index in [1.54, 1.807) is 0 Å². The zero-order chi connectivity index (χ0) is 8.32. The van der Waals surface area contributed by atoms with Crippen LogP contribution < -0.4 is 9.98 Å². The van der Waals surface area contributed by atoms with Crippen molar-refractivity contribution in [2.24, 2.45) is 0 Å². The second-order valence-corrected chi connectivity index (χ2v) is 5.01. The molecule has 1 saturated heterocycles. The number of halogens is 1. The minimum absolute atomic E-state index is 0.506. The lowest BCUT2D eigenvalue weighted by Crippen LogP contribution is -2.40. The minimum Gasteiger partial charge on any atom is -0.625 e. The molecule has 4 nitrogen and oxygen atoms in total. The van der Waals surface area contributed by atoms with E-state index in [1.807, 2.05) is 6.92 Å². The Labute approximate surface area is 72.2 Å². The lowest BCUT2D eigenvalue weighted by Gasteiger charge is -2.35. The first-order valence-corrected chi connectivity index (χ1v) is 5.54. The van der Waals surface area contributed by atoms with E-state index < -0.39 is 8.02 Å². The van der Waals surface area contributed by atoms with E-state index in [-0.39, 0.29) is 0 Å². The summed E-state index contributed by atoms with van der Waals surface area (Å²) in [6, 6.07) is 0. The Hall–Kier alpha value is 0.560. The summed E-state index contributed by atoms with van der Waals surface area (Å²) >= 11 is 5.67. The van der Waals surface area contributed by atoms with Crippen LogP contribution in [0, 0.1) is 0 Å². The molecule has 11 heavy (non-hydrogen) atoms. The van der Waals surface area contributed by atoms with Gasteiger partial charge in [-0.05, 0) is 13.3 Å². The van der Waals surface area contributed by atoms with E-state index >= 15 is 0 Å². The Balaban J connectivity index is 2.49. The van der Waals surface area contributed by atoms with Crippen LogP contribution in [-0.2, 0) is 4.52 Å². The summed E-state index contributed by atoms with van der Waals surface area (Å²) in [5, 5.41) is 2.77. The van der Waals surface area contributed by atoms with Gasteiger partial charge in [0.15, 0.2) is 0 Å². The lowest BCUT2D eigenvalue weighted by atomic mass is 10.5. The number of nitrogens with zero attached hydrogens (tertiary/aromatic N) is 1. The molecule has 0 aromatic carbocycles. The normalized spacial score (nSPS) is 32.7. The van der Waals surface area contributed by atoms with E-state index in [9.17, 15) is 4.89 Å². The van der Waals surface area contributed by atoms with Crippen LogP contribution in [0.15, 0.2) is 0 Å². The smallest absolute Gasteiger partial charge is 0.264 e. The van der Waals surface area contributed by atoms with Crippen LogP contribution in [-0.4, -0.2) is 23.9 Å². The number of hydrogen-bond donors (Lipinski definition) is 1. The summed E-state index contributed by atoms with van der Waals surface area (Å²) in [6.07, 6.45) is 0.887. The molecule has 1 unspecified atom stereocenters. The van der Waals surface area contributed by atoms with Crippen LogP contribution in [0.25, 0.3) is 0 Å². The number of nitrogens with one attached hydrogen (secondary N) is 1. The second-order valence-electron chi connectivity index (χ2n) is 2.27. The summed E-state index contributed by atoms with van der Waals surface area (Å²) in [5.41, 5.74) is 0. The zero-order valence-corrected chi connectivity index (χ0v) is 8.07. The van der Waals surface area contributed by atoms with Crippen LogP contribution >= 0.6 is 19.8 Å². The maximum Gasteiger partial charge on any atom is 0.264 e. The second kappa shape index (κ2) is 3.99. The standard InChI is InChI=1S/C5H12ClN2O2P/c1-2-8(6)11(9)7-4-3-5-10-11/h2-5H2,1H3,(H,7,9). The van der Waals surface area contributed by atoms with E-state index in [4.69, 9.17) is 16.3 Å².